The molecule has 34 heavy (non-hydrogen) atoms. The highest BCUT2D eigenvalue weighted by molar-refractivity contribution is 7.99. The molecule has 0 aliphatic heterocycles. The van der Waals surface area contributed by atoms with Gasteiger partial charge in [0.05, 0.1) is 17.1 Å². The second-order valence-corrected chi connectivity index (χ2v) is 9.10. The number of rotatable bonds is 8. The number of benzene rings is 2. The van der Waals surface area contributed by atoms with Crippen LogP contribution in [0.4, 0.5) is 5.69 Å². The van der Waals surface area contributed by atoms with Gasteiger partial charge in [0.2, 0.25) is 5.91 Å². The highest BCUT2D eigenvalue weighted by Crippen LogP contribution is 2.21. The smallest absolute Gasteiger partial charge is 0.295 e. The summed E-state index contributed by atoms with van der Waals surface area (Å²) in [5.74, 6) is 0.649. The summed E-state index contributed by atoms with van der Waals surface area (Å²) in [4.78, 5) is 25.7. The zero-order valence-electron chi connectivity index (χ0n) is 19.2. The molecule has 0 aliphatic carbocycles. The molecule has 8 nitrogen and oxygen atoms in total. The lowest BCUT2D eigenvalue weighted by Crippen LogP contribution is -2.23. The van der Waals surface area contributed by atoms with Crippen LogP contribution in [0.2, 0.25) is 5.02 Å². The first-order chi connectivity index (χ1) is 16.4. The standard InChI is InChI=1S/C24H25ClN6O2S/c1-4-30-20(14-17-10-12-18(25)13-11-17)27-28-24(30)34-15-21(32)26-22-16(2)29(3)31(23(22)33)19-8-6-5-7-9-19/h5-13H,4,14-15H2,1-3H3,(H,26,32). The van der Waals surface area contributed by atoms with Gasteiger partial charge in [-0.25, -0.2) is 4.68 Å². The van der Waals surface area contributed by atoms with Crippen molar-refractivity contribution in [2.24, 2.45) is 7.05 Å². The van der Waals surface area contributed by atoms with Crippen LogP contribution in [0.5, 0.6) is 0 Å². The van der Waals surface area contributed by atoms with Gasteiger partial charge in [0.25, 0.3) is 5.56 Å². The van der Waals surface area contributed by atoms with Gasteiger partial charge in [-0.2, -0.15) is 0 Å². The largest absolute Gasteiger partial charge is 0.319 e. The quantitative estimate of drug-likeness (QED) is 0.371. The minimum absolute atomic E-state index is 0.109. The zero-order valence-corrected chi connectivity index (χ0v) is 20.7. The Morgan fingerprint density at radius 1 is 1.09 bits per heavy atom. The fourth-order valence-corrected chi connectivity index (χ4v) is 4.62. The first kappa shape index (κ1) is 23.8. The summed E-state index contributed by atoms with van der Waals surface area (Å²) in [5.41, 5.74) is 2.49. The van der Waals surface area contributed by atoms with Crippen molar-refractivity contribution in [1.29, 1.82) is 0 Å². The van der Waals surface area contributed by atoms with E-state index in [1.54, 1.807) is 18.7 Å². The number of halogens is 1. The van der Waals surface area contributed by atoms with Gasteiger partial charge in [0.1, 0.15) is 11.5 Å². The molecule has 176 valence electrons. The predicted molar refractivity (Wildman–Crippen MR) is 135 cm³/mol. The number of hydrogen-bond donors (Lipinski definition) is 1. The number of para-hydroxylation sites is 1. The average molecular weight is 497 g/mol. The van der Waals surface area contributed by atoms with Gasteiger partial charge in [-0.3, -0.25) is 14.3 Å². The van der Waals surface area contributed by atoms with Crippen LogP contribution in [0.1, 0.15) is 24.0 Å². The Bertz CT molecular complexity index is 1360. The number of nitrogens with one attached hydrogen (secondary N) is 1. The van der Waals surface area contributed by atoms with Crippen molar-refractivity contribution >= 4 is 35.0 Å². The normalized spacial score (nSPS) is 11.1. The fraction of sp³-hybridized carbons (Fsp3) is 0.250. The maximum Gasteiger partial charge on any atom is 0.295 e. The molecule has 1 amide bonds. The highest BCUT2D eigenvalue weighted by Gasteiger charge is 2.19. The van der Waals surface area contributed by atoms with Gasteiger partial charge >= 0.3 is 0 Å². The lowest BCUT2D eigenvalue weighted by molar-refractivity contribution is -0.113. The topological polar surface area (TPSA) is 86.7 Å². The Kier molecular flexibility index (Phi) is 7.23. The van der Waals surface area contributed by atoms with Crippen molar-refractivity contribution in [3.05, 3.63) is 87.1 Å². The number of amides is 1. The highest BCUT2D eigenvalue weighted by atomic mass is 35.5. The number of aromatic nitrogens is 5. The second-order valence-electron chi connectivity index (χ2n) is 7.72. The lowest BCUT2D eigenvalue weighted by Gasteiger charge is -2.08. The van der Waals surface area contributed by atoms with Crippen LogP contribution in [0.25, 0.3) is 5.69 Å². The van der Waals surface area contributed by atoms with E-state index in [0.29, 0.717) is 28.8 Å². The molecule has 0 atom stereocenters. The summed E-state index contributed by atoms with van der Waals surface area (Å²) in [6.45, 7) is 4.50. The lowest BCUT2D eigenvalue weighted by atomic mass is 10.1. The molecule has 2 aromatic carbocycles. The molecule has 2 aromatic heterocycles. The van der Waals surface area contributed by atoms with E-state index in [-0.39, 0.29) is 22.9 Å². The van der Waals surface area contributed by atoms with Crippen LogP contribution in [-0.2, 0) is 24.8 Å². The summed E-state index contributed by atoms with van der Waals surface area (Å²) < 4.78 is 5.26. The third-order valence-corrected chi connectivity index (χ3v) is 6.75. The van der Waals surface area contributed by atoms with Crippen LogP contribution in [0.3, 0.4) is 0 Å². The number of thioether (sulfide) groups is 1. The molecule has 10 heteroatoms. The average Bonchev–Trinajstić information content (AvgIpc) is 3.32. The molecular weight excluding hydrogens is 472 g/mol. The van der Waals surface area contributed by atoms with Crippen LogP contribution in [-0.4, -0.2) is 35.8 Å². The molecule has 4 aromatic rings. The summed E-state index contributed by atoms with van der Waals surface area (Å²) >= 11 is 7.26. The predicted octanol–water partition coefficient (Wildman–Crippen LogP) is 4.07. The summed E-state index contributed by atoms with van der Waals surface area (Å²) in [5, 5.41) is 12.7. The summed E-state index contributed by atoms with van der Waals surface area (Å²) in [6, 6.07) is 16.9. The van der Waals surface area contributed by atoms with Crippen molar-refractivity contribution in [2.45, 2.75) is 32.0 Å². The Morgan fingerprint density at radius 2 is 1.79 bits per heavy atom. The van der Waals surface area contributed by atoms with Gasteiger partial charge in [-0.15, -0.1) is 10.2 Å². The Morgan fingerprint density at radius 3 is 2.47 bits per heavy atom. The van der Waals surface area contributed by atoms with Gasteiger partial charge in [-0.1, -0.05) is 53.7 Å². The van der Waals surface area contributed by atoms with Gasteiger partial charge in [0.15, 0.2) is 5.16 Å². The molecule has 0 radical (unpaired) electrons. The van der Waals surface area contributed by atoms with Crippen LogP contribution < -0.4 is 10.9 Å². The fourth-order valence-electron chi connectivity index (χ4n) is 3.68. The van der Waals surface area contributed by atoms with Crippen molar-refractivity contribution in [2.75, 3.05) is 11.1 Å². The second kappa shape index (κ2) is 10.3. The maximum atomic E-state index is 13.0. The molecule has 0 spiro atoms. The summed E-state index contributed by atoms with van der Waals surface area (Å²) in [7, 11) is 1.79. The Balaban J connectivity index is 1.45. The van der Waals surface area contributed by atoms with E-state index in [0.717, 1.165) is 17.1 Å². The minimum atomic E-state index is -0.277. The molecule has 4 rings (SSSR count). The number of carbonyl (C=O) groups is 1. The molecule has 0 bridgehead atoms. The SMILES string of the molecule is CCn1c(Cc2ccc(Cl)cc2)nnc1SCC(=O)Nc1c(C)n(C)n(-c2ccccc2)c1=O. The van der Waals surface area contributed by atoms with Gasteiger partial charge in [-0.05, 0) is 43.7 Å². The first-order valence-electron chi connectivity index (χ1n) is 10.8. The Hall–Kier alpha value is -3.30. The van der Waals surface area contributed by atoms with Crippen LogP contribution in [0.15, 0.2) is 64.5 Å². The third kappa shape index (κ3) is 4.95. The molecular formula is C24H25ClN6O2S. The van der Waals surface area contributed by atoms with E-state index in [4.69, 9.17) is 11.6 Å². The number of carbonyl (C=O) groups excluding carboxylic acids is 1. The third-order valence-electron chi connectivity index (χ3n) is 5.54. The van der Waals surface area contributed by atoms with E-state index in [2.05, 4.69) is 15.5 Å². The maximum absolute atomic E-state index is 13.0. The van der Waals surface area contributed by atoms with Crippen LogP contribution in [0, 0.1) is 6.92 Å². The molecule has 0 aliphatic rings. The van der Waals surface area contributed by atoms with Crippen molar-refractivity contribution in [3.63, 3.8) is 0 Å². The number of hydrogen-bond acceptors (Lipinski definition) is 5. The van der Waals surface area contributed by atoms with Crippen molar-refractivity contribution < 1.29 is 4.79 Å². The van der Waals surface area contributed by atoms with Crippen molar-refractivity contribution in [1.82, 2.24) is 24.1 Å². The minimum Gasteiger partial charge on any atom is -0.319 e. The molecule has 2 heterocycles. The first-order valence-corrected chi connectivity index (χ1v) is 12.2. The van der Waals surface area contributed by atoms with E-state index >= 15 is 0 Å². The molecule has 0 unspecified atom stereocenters. The van der Waals surface area contributed by atoms with Crippen molar-refractivity contribution in [3.8, 4) is 5.69 Å². The monoisotopic (exact) mass is 496 g/mol. The molecule has 0 saturated carbocycles. The van der Waals surface area contributed by atoms with E-state index in [9.17, 15) is 9.59 Å². The van der Waals surface area contributed by atoms with E-state index in [1.807, 2.05) is 66.1 Å². The zero-order chi connectivity index (χ0) is 24.2. The number of anilines is 1. The molecule has 1 N–H and O–H groups in total. The van der Waals surface area contributed by atoms with Crippen LogP contribution >= 0.6 is 23.4 Å². The number of nitrogens with zero attached hydrogens (tertiary/aromatic N) is 5. The van der Waals surface area contributed by atoms with Gasteiger partial charge < -0.3 is 9.88 Å². The Labute approximate surface area is 206 Å². The van der Waals surface area contributed by atoms with Gasteiger partial charge in [0, 0.05) is 25.0 Å². The summed E-state index contributed by atoms with van der Waals surface area (Å²) in [6.07, 6.45) is 0.618. The molecule has 0 fully saturated rings. The van der Waals surface area contributed by atoms with E-state index < -0.39 is 0 Å². The van der Waals surface area contributed by atoms with E-state index in [1.165, 1.54) is 16.4 Å². The molecule has 0 saturated heterocycles.